The van der Waals surface area contributed by atoms with Crippen molar-refractivity contribution in [3.8, 4) is 5.75 Å². The van der Waals surface area contributed by atoms with Crippen LogP contribution in [0.2, 0.25) is 0 Å². The molecule has 26 heavy (non-hydrogen) atoms. The lowest BCUT2D eigenvalue weighted by Gasteiger charge is -2.36. The van der Waals surface area contributed by atoms with Crippen LogP contribution in [0.4, 0.5) is 16.0 Å². The highest BCUT2D eigenvalue weighted by molar-refractivity contribution is 5.55. The normalized spacial score (nSPS) is 16.0. The smallest absolute Gasteiger partial charge is 0.227 e. The van der Waals surface area contributed by atoms with E-state index < -0.39 is 0 Å². The Morgan fingerprint density at radius 1 is 1.15 bits per heavy atom. The first kappa shape index (κ1) is 18.5. The SMILES string of the molecule is CC(C)N1CCN(CCOc2cc(Nc3ncccn3)ccc2F)CC1. The van der Waals surface area contributed by atoms with Gasteiger partial charge in [-0.25, -0.2) is 14.4 Å². The molecule has 0 saturated carbocycles. The molecule has 6 nitrogen and oxygen atoms in total. The molecule has 1 N–H and O–H groups in total. The van der Waals surface area contributed by atoms with Crippen molar-refractivity contribution >= 4 is 11.6 Å². The molecule has 1 aliphatic heterocycles. The average molecular weight is 359 g/mol. The van der Waals surface area contributed by atoms with E-state index in [2.05, 4.69) is 38.9 Å². The van der Waals surface area contributed by atoms with Crippen LogP contribution in [0.5, 0.6) is 5.75 Å². The third-order valence-corrected chi connectivity index (χ3v) is 4.56. The topological polar surface area (TPSA) is 53.5 Å². The van der Waals surface area contributed by atoms with Gasteiger partial charge < -0.3 is 10.1 Å². The molecule has 0 amide bonds. The molecule has 0 aliphatic carbocycles. The molecule has 0 unspecified atom stereocenters. The van der Waals surface area contributed by atoms with Gasteiger partial charge >= 0.3 is 0 Å². The molecule has 1 aromatic carbocycles. The Labute approximate surface area is 154 Å². The summed E-state index contributed by atoms with van der Waals surface area (Å²) in [5, 5.41) is 3.04. The fourth-order valence-corrected chi connectivity index (χ4v) is 2.97. The number of aromatic nitrogens is 2. The van der Waals surface area contributed by atoms with Crippen LogP contribution in [0.1, 0.15) is 13.8 Å². The van der Waals surface area contributed by atoms with Gasteiger partial charge in [-0.05, 0) is 32.0 Å². The van der Waals surface area contributed by atoms with E-state index in [0.717, 1.165) is 32.7 Å². The number of nitrogens with one attached hydrogen (secondary N) is 1. The molecule has 0 radical (unpaired) electrons. The molecule has 2 aromatic rings. The summed E-state index contributed by atoms with van der Waals surface area (Å²) in [6, 6.07) is 7.01. The quantitative estimate of drug-likeness (QED) is 0.820. The minimum absolute atomic E-state index is 0.242. The van der Waals surface area contributed by atoms with E-state index in [4.69, 9.17) is 4.74 Å². The molecule has 2 heterocycles. The van der Waals surface area contributed by atoms with Gasteiger partial charge in [0, 0.05) is 62.9 Å². The van der Waals surface area contributed by atoms with Crippen LogP contribution >= 0.6 is 0 Å². The predicted octanol–water partition coefficient (Wildman–Crippen LogP) is 2.76. The van der Waals surface area contributed by atoms with Crippen LogP contribution in [0.25, 0.3) is 0 Å². The summed E-state index contributed by atoms with van der Waals surface area (Å²) >= 11 is 0. The van der Waals surface area contributed by atoms with E-state index in [1.807, 2.05) is 0 Å². The van der Waals surface area contributed by atoms with Gasteiger partial charge in [0.1, 0.15) is 6.61 Å². The summed E-state index contributed by atoms with van der Waals surface area (Å²) in [7, 11) is 0. The van der Waals surface area contributed by atoms with Crippen molar-refractivity contribution in [1.82, 2.24) is 19.8 Å². The highest BCUT2D eigenvalue weighted by Gasteiger charge is 2.18. The number of anilines is 2. The largest absolute Gasteiger partial charge is 0.489 e. The monoisotopic (exact) mass is 359 g/mol. The lowest BCUT2D eigenvalue weighted by atomic mass is 10.2. The summed E-state index contributed by atoms with van der Waals surface area (Å²) in [4.78, 5) is 13.0. The Kier molecular flexibility index (Phi) is 6.35. The molecule has 0 atom stereocenters. The zero-order valence-electron chi connectivity index (χ0n) is 15.4. The Bertz CT molecular complexity index is 690. The Morgan fingerprint density at radius 3 is 2.58 bits per heavy atom. The van der Waals surface area contributed by atoms with Gasteiger partial charge in [-0.1, -0.05) is 0 Å². The molecular weight excluding hydrogens is 333 g/mol. The van der Waals surface area contributed by atoms with Gasteiger partial charge in [0.15, 0.2) is 11.6 Å². The molecule has 1 aromatic heterocycles. The maximum atomic E-state index is 14.0. The first-order chi connectivity index (χ1) is 12.6. The summed E-state index contributed by atoms with van der Waals surface area (Å²) in [6.07, 6.45) is 3.30. The average Bonchev–Trinajstić information content (AvgIpc) is 2.65. The maximum absolute atomic E-state index is 14.0. The van der Waals surface area contributed by atoms with E-state index in [1.165, 1.54) is 6.07 Å². The number of nitrogens with zero attached hydrogens (tertiary/aromatic N) is 4. The van der Waals surface area contributed by atoms with Crippen molar-refractivity contribution < 1.29 is 9.13 Å². The Balaban J connectivity index is 1.49. The minimum atomic E-state index is -0.367. The summed E-state index contributed by atoms with van der Waals surface area (Å²) < 4.78 is 19.7. The third kappa shape index (κ3) is 5.12. The maximum Gasteiger partial charge on any atom is 0.227 e. The molecule has 3 rings (SSSR count). The summed E-state index contributed by atoms with van der Waals surface area (Å²) in [5.74, 6) is 0.342. The lowest BCUT2D eigenvalue weighted by molar-refractivity contribution is 0.0965. The third-order valence-electron chi connectivity index (χ3n) is 4.56. The van der Waals surface area contributed by atoms with Gasteiger partial charge in [0.25, 0.3) is 0 Å². The second-order valence-corrected chi connectivity index (χ2v) is 6.66. The first-order valence-electron chi connectivity index (χ1n) is 9.04. The van der Waals surface area contributed by atoms with Crippen molar-refractivity contribution in [1.29, 1.82) is 0 Å². The van der Waals surface area contributed by atoms with E-state index in [9.17, 15) is 4.39 Å². The van der Waals surface area contributed by atoms with Crippen LogP contribution in [0.15, 0.2) is 36.7 Å². The summed E-state index contributed by atoms with van der Waals surface area (Å²) in [6.45, 7) is 9.90. The molecule has 1 saturated heterocycles. The standard InChI is InChI=1S/C19H26FN5O/c1-15(2)25-10-8-24(9-11-25)12-13-26-18-14-16(4-5-17(18)20)23-19-21-6-3-7-22-19/h3-7,14-15H,8-13H2,1-2H3,(H,21,22,23). The number of halogens is 1. The van der Waals surface area contributed by atoms with Crippen LogP contribution in [-0.4, -0.2) is 65.1 Å². The second-order valence-electron chi connectivity index (χ2n) is 6.66. The van der Waals surface area contributed by atoms with Gasteiger partial charge in [-0.2, -0.15) is 0 Å². The highest BCUT2D eigenvalue weighted by atomic mass is 19.1. The minimum Gasteiger partial charge on any atom is -0.489 e. The van der Waals surface area contributed by atoms with Crippen LogP contribution in [-0.2, 0) is 0 Å². The van der Waals surface area contributed by atoms with E-state index >= 15 is 0 Å². The molecular formula is C19H26FN5O. The van der Waals surface area contributed by atoms with Crippen molar-refractivity contribution in [3.63, 3.8) is 0 Å². The second kappa shape index (κ2) is 8.91. The van der Waals surface area contributed by atoms with E-state index in [1.54, 1.807) is 30.6 Å². The zero-order chi connectivity index (χ0) is 18.4. The number of benzene rings is 1. The zero-order valence-corrected chi connectivity index (χ0v) is 15.4. The molecule has 1 aliphatic rings. The fourth-order valence-electron chi connectivity index (χ4n) is 2.97. The van der Waals surface area contributed by atoms with Crippen molar-refractivity contribution in [2.75, 3.05) is 44.6 Å². The summed E-state index contributed by atoms with van der Waals surface area (Å²) in [5.41, 5.74) is 0.693. The van der Waals surface area contributed by atoms with E-state index in [-0.39, 0.29) is 11.6 Å². The fraction of sp³-hybridized carbons (Fsp3) is 0.474. The number of hydrogen-bond acceptors (Lipinski definition) is 6. The van der Waals surface area contributed by atoms with E-state index in [0.29, 0.717) is 24.3 Å². The molecule has 1 fully saturated rings. The van der Waals surface area contributed by atoms with Gasteiger partial charge in [-0.3, -0.25) is 9.80 Å². The molecule has 140 valence electrons. The van der Waals surface area contributed by atoms with Gasteiger partial charge in [0.05, 0.1) is 0 Å². The molecule has 7 heteroatoms. The van der Waals surface area contributed by atoms with Crippen molar-refractivity contribution in [2.24, 2.45) is 0 Å². The number of rotatable bonds is 7. The van der Waals surface area contributed by atoms with Crippen LogP contribution in [0.3, 0.4) is 0 Å². The van der Waals surface area contributed by atoms with Crippen molar-refractivity contribution in [2.45, 2.75) is 19.9 Å². The van der Waals surface area contributed by atoms with Crippen LogP contribution < -0.4 is 10.1 Å². The Morgan fingerprint density at radius 2 is 1.88 bits per heavy atom. The number of ether oxygens (including phenoxy) is 1. The predicted molar refractivity (Wildman–Crippen MR) is 100 cm³/mol. The Hall–Kier alpha value is -2.25. The molecule has 0 bridgehead atoms. The highest BCUT2D eigenvalue weighted by Crippen LogP contribution is 2.23. The first-order valence-corrected chi connectivity index (χ1v) is 9.04. The number of piperazine rings is 1. The lowest BCUT2D eigenvalue weighted by Crippen LogP contribution is -2.49. The molecule has 0 spiro atoms. The van der Waals surface area contributed by atoms with Crippen LogP contribution in [0, 0.1) is 5.82 Å². The van der Waals surface area contributed by atoms with Gasteiger partial charge in [-0.15, -0.1) is 0 Å². The van der Waals surface area contributed by atoms with Crippen molar-refractivity contribution in [3.05, 3.63) is 42.5 Å². The van der Waals surface area contributed by atoms with Gasteiger partial charge in [0.2, 0.25) is 5.95 Å². The number of hydrogen-bond donors (Lipinski definition) is 1.